The number of aromatic nitrogens is 2. The monoisotopic (exact) mass is 321 g/mol. The smallest absolute Gasteiger partial charge is 0.354 e. The molecular formula is C19H19N3O2. The second-order valence-corrected chi connectivity index (χ2v) is 6.30. The normalized spacial score (nSPS) is 20.2. The number of benzene rings is 1. The fourth-order valence-electron chi connectivity index (χ4n) is 3.76. The fourth-order valence-corrected chi connectivity index (χ4v) is 3.76. The Kier molecular flexibility index (Phi) is 3.76. The summed E-state index contributed by atoms with van der Waals surface area (Å²) in [6.07, 6.45) is 7.03. The number of rotatable bonds is 3. The molecule has 0 bridgehead atoms. The van der Waals surface area contributed by atoms with E-state index in [9.17, 15) is 9.90 Å². The van der Waals surface area contributed by atoms with Crippen LogP contribution in [0.4, 0.5) is 5.95 Å². The van der Waals surface area contributed by atoms with Crippen LogP contribution in [-0.2, 0) is 0 Å². The van der Waals surface area contributed by atoms with Crippen LogP contribution in [0.15, 0.2) is 53.9 Å². The van der Waals surface area contributed by atoms with Crippen LogP contribution in [0, 0.1) is 0 Å². The van der Waals surface area contributed by atoms with Crippen LogP contribution in [0.3, 0.4) is 0 Å². The van der Waals surface area contributed by atoms with Crippen molar-refractivity contribution in [3.05, 3.63) is 65.1 Å². The molecule has 0 saturated heterocycles. The molecule has 1 atom stereocenters. The highest BCUT2D eigenvalue weighted by Gasteiger charge is 2.36. The Morgan fingerprint density at radius 3 is 2.71 bits per heavy atom. The number of allylic oxidation sites excluding steroid dienone is 1. The second kappa shape index (κ2) is 6.07. The molecule has 1 aromatic carbocycles. The molecule has 4 rings (SSSR count). The van der Waals surface area contributed by atoms with Gasteiger partial charge in [-0.2, -0.15) is 0 Å². The molecule has 24 heavy (non-hydrogen) atoms. The lowest BCUT2D eigenvalue weighted by Crippen LogP contribution is -2.26. The van der Waals surface area contributed by atoms with E-state index < -0.39 is 5.97 Å². The van der Waals surface area contributed by atoms with Gasteiger partial charge in [-0.3, -0.25) is 0 Å². The molecule has 2 aliphatic rings. The van der Waals surface area contributed by atoms with Crippen molar-refractivity contribution in [2.75, 3.05) is 4.90 Å². The minimum absolute atomic E-state index is 0.0386. The molecule has 0 amide bonds. The Morgan fingerprint density at radius 2 is 1.92 bits per heavy atom. The summed E-state index contributed by atoms with van der Waals surface area (Å²) in [6.45, 7) is 0. The van der Waals surface area contributed by atoms with Gasteiger partial charge < -0.3 is 10.0 Å². The highest BCUT2D eigenvalue weighted by Crippen LogP contribution is 2.46. The van der Waals surface area contributed by atoms with Crippen LogP contribution >= 0.6 is 0 Å². The maximum Gasteiger partial charge on any atom is 0.354 e. The lowest BCUT2D eigenvalue weighted by atomic mass is 9.94. The zero-order valence-corrected chi connectivity index (χ0v) is 13.4. The molecule has 1 unspecified atom stereocenters. The highest BCUT2D eigenvalue weighted by molar-refractivity contribution is 5.85. The number of aromatic carboxylic acids is 1. The molecule has 1 N–H and O–H groups in total. The maximum atomic E-state index is 11.3. The van der Waals surface area contributed by atoms with E-state index in [1.54, 1.807) is 0 Å². The predicted octanol–water partition coefficient (Wildman–Crippen LogP) is 3.95. The van der Waals surface area contributed by atoms with Gasteiger partial charge in [-0.15, -0.1) is 0 Å². The number of anilines is 1. The minimum atomic E-state index is -1.02. The third kappa shape index (κ3) is 2.56. The fraction of sp³-hybridized carbons (Fsp3) is 0.316. The Morgan fingerprint density at radius 1 is 1.12 bits per heavy atom. The number of carboxylic acid groups (broad SMARTS) is 1. The molecule has 5 nitrogen and oxygen atoms in total. The van der Waals surface area contributed by atoms with E-state index in [1.165, 1.54) is 35.5 Å². The van der Waals surface area contributed by atoms with Gasteiger partial charge in [0.05, 0.1) is 6.04 Å². The maximum absolute atomic E-state index is 11.3. The van der Waals surface area contributed by atoms with Gasteiger partial charge in [0, 0.05) is 11.9 Å². The molecule has 5 heteroatoms. The molecule has 0 saturated carbocycles. The van der Waals surface area contributed by atoms with Crippen molar-refractivity contribution >= 4 is 11.9 Å². The molecule has 2 heterocycles. The van der Waals surface area contributed by atoms with Crippen LogP contribution in [0.25, 0.3) is 0 Å². The van der Waals surface area contributed by atoms with Gasteiger partial charge in [0.2, 0.25) is 5.95 Å². The van der Waals surface area contributed by atoms with Crippen LogP contribution in [0.1, 0.15) is 54.2 Å². The van der Waals surface area contributed by atoms with Crippen LogP contribution in [0.5, 0.6) is 0 Å². The highest BCUT2D eigenvalue weighted by atomic mass is 16.4. The molecule has 2 aromatic rings. The topological polar surface area (TPSA) is 66.3 Å². The van der Waals surface area contributed by atoms with E-state index in [0.717, 1.165) is 25.7 Å². The van der Waals surface area contributed by atoms with Gasteiger partial charge in [0.15, 0.2) is 5.69 Å². The third-order valence-corrected chi connectivity index (χ3v) is 4.85. The van der Waals surface area contributed by atoms with E-state index in [-0.39, 0.29) is 11.7 Å². The van der Waals surface area contributed by atoms with Gasteiger partial charge >= 0.3 is 5.97 Å². The van der Waals surface area contributed by atoms with Gasteiger partial charge in [0.1, 0.15) is 0 Å². The molecule has 0 spiro atoms. The van der Waals surface area contributed by atoms with E-state index in [1.807, 2.05) is 18.2 Å². The molecule has 122 valence electrons. The molecule has 1 aromatic heterocycles. The SMILES string of the molecule is O=C(O)c1ccnc(N2C3=C(CCCC3)CC2c2ccccc2)n1. The van der Waals surface area contributed by atoms with Crippen LogP contribution in [-0.4, -0.2) is 21.0 Å². The second-order valence-electron chi connectivity index (χ2n) is 6.30. The summed E-state index contributed by atoms with van der Waals surface area (Å²) in [5.74, 6) is -0.525. The van der Waals surface area contributed by atoms with Gasteiger partial charge in [-0.05, 0) is 49.3 Å². The van der Waals surface area contributed by atoms with Gasteiger partial charge in [-0.25, -0.2) is 14.8 Å². The summed E-state index contributed by atoms with van der Waals surface area (Å²) in [4.78, 5) is 22.1. The average Bonchev–Trinajstić information content (AvgIpc) is 3.02. The lowest BCUT2D eigenvalue weighted by molar-refractivity contribution is 0.0690. The zero-order chi connectivity index (χ0) is 16.5. The van der Waals surface area contributed by atoms with Crippen molar-refractivity contribution in [3.63, 3.8) is 0 Å². The molecule has 0 radical (unpaired) electrons. The Balaban J connectivity index is 1.79. The first-order valence-electron chi connectivity index (χ1n) is 8.35. The van der Waals surface area contributed by atoms with Crippen LogP contribution in [0.2, 0.25) is 0 Å². The van der Waals surface area contributed by atoms with Crippen molar-refractivity contribution in [1.82, 2.24) is 9.97 Å². The molecule has 1 aliphatic heterocycles. The van der Waals surface area contributed by atoms with E-state index in [2.05, 4.69) is 27.0 Å². The van der Waals surface area contributed by atoms with Gasteiger partial charge in [-0.1, -0.05) is 30.3 Å². The number of carboxylic acids is 1. The minimum Gasteiger partial charge on any atom is -0.477 e. The van der Waals surface area contributed by atoms with Crippen molar-refractivity contribution in [2.45, 2.75) is 38.1 Å². The summed E-state index contributed by atoms with van der Waals surface area (Å²) in [7, 11) is 0. The predicted molar refractivity (Wildman–Crippen MR) is 90.8 cm³/mol. The van der Waals surface area contributed by atoms with E-state index >= 15 is 0 Å². The Bertz CT molecular complexity index is 801. The van der Waals surface area contributed by atoms with Crippen LogP contribution < -0.4 is 4.90 Å². The van der Waals surface area contributed by atoms with E-state index in [0.29, 0.717) is 5.95 Å². The lowest BCUT2D eigenvalue weighted by Gasteiger charge is -2.29. The van der Waals surface area contributed by atoms with E-state index in [4.69, 9.17) is 0 Å². The first kappa shape index (κ1) is 14.9. The molecule has 1 aliphatic carbocycles. The molecular weight excluding hydrogens is 302 g/mol. The standard InChI is InChI=1S/C19H19N3O2/c23-18(24)15-10-11-20-19(21-15)22-16-9-5-4-8-14(16)12-17(22)13-6-2-1-3-7-13/h1-3,6-7,10-11,17H,4-5,8-9,12H2,(H,23,24). The Hall–Kier alpha value is -2.69. The summed E-state index contributed by atoms with van der Waals surface area (Å²) >= 11 is 0. The van der Waals surface area contributed by atoms with Gasteiger partial charge in [0.25, 0.3) is 0 Å². The quantitative estimate of drug-likeness (QED) is 0.927. The first-order chi connectivity index (χ1) is 11.7. The molecule has 0 fully saturated rings. The van der Waals surface area contributed by atoms with Crippen molar-refractivity contribution < 1.29 is 9.90 Å². The Labute approximate surface area is 140 Å². The number of hydrogen-bond donors (Lipinski definition) is 1. The van der Waals surface area contributed by atoms with Crippen molar-refractivity contribution in [1.29, 1.82) is 0 Å². The summed E-state index contributed by atoms with van der Waals surface area (Å²) in [5.41, 5.74) is 4.02. The van der Waals surface area contributed by atoms with Crippen molar-refractivity contribution in [2.24, 2.45) is 0 Å². The van der Waals surface area contributed by atoms with Crippen molar-refractivity contribution in [3.8, 4) is 0 Å². The number of carbonyl (C=O) groups is 1. The largest absolute Gasteiger partial charge is 0.477 e. The third-order valence-electron chi connectivity index (χ3n) is 4.85. The summed E-state index contributed by atoms with van der Waals surface area (Å²) in [5, 5.41) is 9.25. The summed E-state index contributed by atoms with van der Waals surface area (Å²) in [6, 6.07) is 11.9. The average molecular weight is 321 g/mol. The first-order valence-corrected chi connectivity index (χ1v) is 8.35. The number of nitrogens with zero attached hydrogens (tertiary/aromatic N) is 3. The zero-order valence-electron chi connectivity index (χ0n) is 13.4. The summed E-state index contributed by atoms with van der Waals surface area (Å²) < 4.78 is 0. The number of hydrogen-bond acceptors (Lipinski definition) is 4.